The second-order valence-corrected chi connectivity index (χ2v) is 6.01. The Kier molecular flexibility index (Phi) is 4.37. The number of amides is 1. The molecule has 1 saturated heterocycles. The maximum Gasteiger partial charge on any atom is 0.272 e. The minimum atomic E-state index is -0.686. The number of hydrogen-bond donors (Lipinski definition) is 0. The summed E-state index contributed by atoms with van der Waals surface area (Å²) in [5, 5.41) is 0. The van der Waals surface area contributed by atoms with E-state index in [2.05, 4.69) is 11.9 Å². The summed E-state index contributed by atoms with van der Waals surface area (Å²) in [7, 11) is 0. The van der Waals surface area contributed by atoms with Crippen molar-refractivity contribution in [2.75, 3.05) is 13.1 Å². The summed E-state index contributed by atoms with van der Waals surface area (Å²) in [5.74, 6) is -0.831. The van der Waals surface area contributed by atoms with E-state index in [1.165, 1.54) is 12.1 Å². The number of aromatic nitrogens is 1. The van der Waals surface area contributed by atoms with E-state index < -0.39 is 11.6 Å². The van der Waals surface area contributed by atoms with Crippen molar-refractivity contribution in [3.63, 3.8) is 0 Å². The summed E-state index contributed by atoms with van der Waals surface area (Å²) < 4.78 is 26.9. The lowest BCUT2D eigenvalue weighted by Crippen LogP contribution is -2.38. The average molecular weight is 316 g/mol. The van der Waals surface area contributed by atoms with Gasteiger partial charge in [-0.2, -0.15) is 0 Å². The summed E-state index contributed by atoms with van der Waals surface area (Å²) in [6.07, 6.45) is 1.97. The van der Waals surface area contributed by atoms with Crippen LogP contribution in [0.2, 0.25) is 0 Å². The number of rotatable bonds is 2. The highest BCUT2D eigenvalue weighted by molar-refractivity contribution is 5.93. The molecule has 3 rings (SSSR count). The van der Waals surface area contributed by atoms with Crippen molar-refractivity contribution < 1.29 is 13.6 Å². The maximum absolute atomic E-state index is 13.9. The van der Waals surface area contributed by atoms with Crippen molar-refractivity contribution in [2.24, 2.45) is 5.92 Å². The van der Waals surface area contributed by atoms with E-state index in [1.54, 1.807) is 23.1 Å². The van der Waals surface area contributed by atoms with Crippen LogP contribution in [0.4, 0.5) is 8.78 Å². The standard InChI is InChI=1S/C18H18F2N2O/c1-12-7-9-22(10-8-12)18(23)17-4-2-3-16(21-17)14-6-5-13(19)11-15(14)20/h2-6,11-12H,7-10H2,1H3. The Morgan fingerprint density at radius 2 is 1.91 bits per heavy atom. The topological polar surface area (TPSA) is 33.2 Å². The molecule has 2 heterocycles. The number of piperidine rings is 1. The molecule has 3 nitrogen and oxygen atoms in total. The van der Waals surface area contributed by atoms with Gasteiger partial charge in [-0.05, 0) is 43.0 Å². The molecule has 23 heavy (non-hydrogen) atoms. The van der Waals surface area contributed by atoms with Gasteiger partial charge in [-0.3, -0.25) is 4.79 Å². The Balaban J connectivity index is 1.86. The number of likely N-dealkylation sites (tertiary alicyclic amines) is 1. The van der Waals surface area contributed by atoms with Gasteiger partial charge < -0.3 is 4.90 Å². The zero-order chi connectivity index (χ0) is 16.4. The molecule has 2 aromatic rings. The normalized spacial score (nSPS) is 15.7. The van der Waals surface area contributed by atoms with Crippen molar-refractivity contribution in [1.29, 1.82) is 0 Å². The highest BCUT2D eigenvalue weighted by Crippen LogP contribution is 2.23. The molecular formula is C18H18F2N2O. The van der Waals surface area contributed by atoms with E-state index in [9.17, 15) is 13.6 Å². The SMILES string of the molecule is CC1CCN(C(=O)c2cccc(-c3ccc(F)cc3F)n2)CC1. The summed E-state index contributed by atoms with van der Waals surface area (Å²) in [6, 6.07) is 8.25. The van der Waals surface area contributed by atoms with Gasteiger partial charge in [-0.25, -0.2) is 13.8 Å². The van der Waals surface area contributed by atoms with Crippen LogP contribution in [0, 0.1) is 17.6 Å². The van der Waals surface area contributed by atoms with Crippen LogP contribution in [0.3, 0.4) is 0 Å². The molecule has 1 aromatic heterocycles. The lowest BCUT2D eigenvalue weighted by atomic mass is 9.99. The van der Waals surface area contributed by atoms with Crippen LogP contribution in [0.15, 0.2) is 36.4 Å². The number of nitrogens with zero attached hydrogens (tertiary/aromatic N) is 2. The average Bonchev–Trinajstić information content (AvgIpc) is 2.55. The second-order valence-electron chi connectivity index (χ2n) is 6.01. The Labute approximate surface area is 134 Å². The molecule has 0 saturated carbocycles. The van der Waals surface area contributed by atoms with Crippen LogP contribution < -0.4 is 0 Å². The monoisotopic (exact) mass is 316 g/mol. The smallest absolute Gasteiger partial charge is 0.272 e. The third kappa shape index (κ3) is 3.38. The van der Waals surface area contributed by atoms with Crippen molar-refractivity contribution >= 4 is 5.91 Å². The summed E-state index contributed by atoms with van der Waals surface area (Å²) in [6.45, 7) is 3.62. The fourth-order valence-electron chi connectivity index (χ4n) is 2.77. The number of carbonyl (C=O) groups excluding carboxylic acids is 1. The van der Waals surface area contributed by atoms with Gasteiger partial charge >= 0.3 is 0 Å². The highest BCUT2D eigenvalue weighted by Gasteiger charge is 2.22. The molecular weight excluding hydrogens is 298 g/mol. The van der Waals surface area contributed by atoms with Gasteiger partial charge in [-0.1, -0.05) is 13.0 Å². The van der Waals surface area contributed by atoms with E-state index in [1.807, 2.05) is 0 Å². The van der Waals surface area contributed by atoms with E-state index in [-0.39, 0.29) is 11.5 Å². The number of carbonyl (C=O) groups is 1. The number of pyridine rings is 1. The fraction of sp³-hybridized carbons (Fsp3) is 0.333. The van der Waals surface area contributed by atoms with Crippen LogP contribution in [0.25, 0.3) is 11.3 Å². The Hall–Kier alpha value is -2.30. The minimum Gasteiger partial charge on any atom is -0.337 e. The van der Waals surface area contributed by atoms with E-state index in [4.69, 9.17) is 0 Å². The van der Waals surface area contributed by atoms with E-state index in [0.29, 0.717) is 17.3 Å². The third-order valence-electron chi connectivity index (χ3n) is 4.25. The van der Waals surface area contributed by atoms with Gasteiger partial charge in [0.15, 0.2) is 0 Å². The molecule has 0 bridgehead atoms. The Morgan fingerprint density at radius 1 is 1.17 bits per heavy atom. The lowest BCUT2D eigenvalue weighted by molar-refractivity contribution is 0.0691. The van der Waals surface area contributed by atoms with Crippen LogP contribution in [0.1, 0.15) is 30.3 Å². The maximum atomic E-state index is 13.9. The zero-order valence-electron chi connectivity index (χ0n) is 12.9. The van der Waals surface area contributed by atoms with E-state index >= 15 is 0 Å². The predicted molar refractivity (Wildman–Crippen MR) is 83.9 cm³/mol. The molecule has 0 unspecified atom stereocenters. The summed E-state index contributed by atoms with van der Waals surface area (Å²) in [4.78, 5) is 18.6. The molecule has 0 aliphatic carbocycles. The van der Waals surface area contributed by atoms with Crippen molar-refractivity contribution in [3.8, 4) is 11.3 Å². The fourth-order valence-corrected chi connectivity index (χ4v) is 2.77. The van der Waals surface area contributed by atoms with Gasteiger partial charge in [0, 0.05) is 24.7 Å². The molecule has 0 atom stereocenters. The molecule has 0 N–H and O–H groups in total. The largest absolute Gasteiger partial charge is 0.337 e. The molecule has 120 valence electrons. The van der Waals surface area contributed by atoms with Crippen LogP contribution in [0.5, 0.6) is 0 Å². The second kappa shape index (κ2) is 6.44. The summed E-state index contributed by atoms with van der Waals surface area (Å²) in [5.41, 5.74) is 0.813. The van der Waals surface area contributed by atoms with Crippen molar-refractivity contribution in [3.05, 3.63) is 53.7 Å². The molecule has 0 radical (unpaired) electrons. The third-order valence-corrected chi connectivity index (χ3v) is 4.25. The lowest BCUT2D eigenvalue weighted by Gasteiger charge is -2.30. The molecule has 1 amide bonds. The number of halogens is 2. The van der Waals surface area contributed by atoms with Gasteiger partial charge in [0.05, 0.1) is 5.69 Å². The summed E-state index contributed by atoms with van der Waals surface area (Å²) >= 11 is 0. The Morgan fingerprint density at radius 3 is 2.61 bits per heavy atom. The first-order chi connectivity index (χ1) is 11.0. The molecule has 1 aliphatic heterocycles. The molecule has 1 aliphatic rings. The van der Waals surface area contributed by atoms with Crippen LogP contribution >= 0.6 is 0 Å². The quantitative estimate of drug-likeness (QED) is 0.842. The van der Waals surface area contributed by atoms with Gasteiger partial charge in [0.1, 0.15) is 17.3 Å². The molecule has 1 aromatic carbocycles. The zero-order valence-corrected chi connectivity index (χ0v) is 12.9. The van der Waals surface area contributed by atoms with Gasteiger partial charge in [0.25, 0.3) is 5.91 Å². The van der Waals surface area contributed by atoms with Crippen molar-refractivity contribution in [2.45, 2.75) is 19.8 Å². The molecule has 0 spiro atoms. The molecule has 1 fully saturated rings. The minimum absolute atomic E-state index is 0.138. The predicted octanol–water partition coefficient (Wildman–Crippen LogP) is 3.90. The highest BCUT2D eigenvalue weighted by atomic mass is 19.1. The van der Waals surface area contributed by atoms with E-state index in [0.717, 1.165) is 32.0 Å². The number of hydrogen-bond acceptors (Lipinski definition) is 2. The van der Waals surface area contributed by atoms with Crippen molar-refractivity contribution in [1.82, 2.24) is 9.88 Å². The van der Waals surface area contributed by atoms with Gasteiger partial charge in [-0.15, -0.1) is 0 Å². The first kappa shape index (κ1) is 15.6. The van der Waals surface area contributed by atoms with Gasteiger partial charge in [0.2, 0.25) is 0 Å². The number of benzene rings is 1. The molecule has 5 heteroatoms. The Bertz CT molecular complexity index is 725. The first-order valence-corrected chi connectivity index (χ1v) is 7.76. The van der Waals surface area contributed by atoms with Crippen LogP contribution in [-0.2, 0) is 0 Å². The van der Waals surface area contributed by atoms with Crippen LogP contribution in [-0.4, -0.2) is 28.9 Å². The first-order valence-electron chi connectivity index (χ1n) is 7.76.